The fourth-order valence-electron chi connectivity index (χ4n) is 4.55. The Balaban J connectivity index is 1.46. The highest BCUT2D eigenvalue weighted by Crippen LogP contribution is 2.28. The van der Waals surface area contributed by atoms with Crippen molar-refractivity contribution in [1.29, 1.82) is 0 Å². The number of nitrogens with zero attached hydrogens (tertiary/aromatic N) is 6. The van der Waals surface area contributed by atoms with E-state index < -0.39 is 0 Å². The number of benzene rings is 2. The Hall–Kier alpha value is -4.44. The first kappa shape index (κ1) is 24.3. The van der Waals surface area contributed by atoms with Crippen molar-refractivity contribution in [3.8, 4) is 17.2 Å². The normalized spacial score (nSPS) is 15.8. The van der Waals surface area contributed by atoms with Crippen LogP contribution >= 0.6 is 0 Å². The van der Waals surface area contributed by atoms with E-state index in [0.717, 1.165) is 5.75 Å². The quantitative estimate of drug-likeness (QED) is 0.389. The van der Waals surface area contributed by atoms with Crippen LogP contribution in [0.4, 0.5) is 5.82 Å². The monoisotopic (exact) mass is 499 g/mol. The summed E-state index contributed by atoms with van der Waals surface area (Å²) >= 11 is 0. The summed E-state index contributed by atoms with van der Waals surface area (Å²) in [6.07, 6.45) is 5.43. The number of amides is 1. The van der Waals surface area contributed by atoms with Crippen LogP contribution in [-0.4, -0.2) is 68.5 Å². The van der Waals surface area contributed by atoms with Gasteiger partial charge in [0.15, 0.2) is 11.5 Å². The minimum Gasteiger partial charge on any atom is -0.457 e. The Bertz CT molecular complexity index is 1490. The second-order valence-corrected chi connectivity index (χ2v) is 9.22. The van der Waals surface area contributed by atoms with Gasteiger partial charge in [0.2, 0.25) is 5.91 Å². The Morgan fingerprint density at radius 2 is 1.84 bits per heavy atom. The smallest absolute Gasteiger partial charge is 0.335 e. The lowest BCUT2D eigenvalue weighted by atomic mass is 10.2. The molecule has 2 N–H and O–H groups in total. The zero-order chi connectivity index (χ0) is 25.9. The Morgan fingerprint density at radius 1 is 1.11 bits per heavy atom. The molecule has 0 aliphatic carbocycles. The number of fused-ring (bicyclic) bond motifs is 1. The molecule has 3 heterocycles. The minimum absolute atomic E-state index is 0.0655. The van der Waals surface area contributed by atoms with Crippen molar-refractivity contribution in [2.75, 3.05) is 39.5 Å². The third kappa shape index (κ3) is 4.96. The predicted molar refractivity (Wildman–Crippen MR) is 142 cm³/mol. The van der Waals surface area contributed by atoms with Crippen LogP contribution in [0.15, 0.2) is 77.9 Å². The van der Waals surface area contributed by atoms with E-state index in [2.05, 4.69) is 9.97 Å². The van der Waals surface area contributed by atoms with Gasteiger partial charge in [0.05, 0.1) is 11.7 Å². The Kier molecular flexibility index (Phi) is 6.74. The van der Waals surface area contributed by atoms with Crippen molar-refractivity contribution in [2.24, 2.45) is 0 Å². The van der Waals surface area contributed by atoms with Crippen LogP contribution in [-0.2, 0) is 4.79 Å². The first-order chi connectivity index (χ1) is 17.9. The van der Waals surface area contributed by atoms with E-state index in [-0.39, 0.29) is 23.5 Å². The largest absolute Gasteiger partial charge is 0.457 e. The number of aromatic nitrogens is 4. The van der Waals surface area contributed by atoms with Crippen LogP contribution in [0.5, 0.6) is 11.5 Å². The molecule has 2 aromatic carbocycles. The number of para-hydroxylation sites is 1. The van der Waals surface area contributed by atoms with Gasteiger partial charge in [-0.3, -0.25) is 13.9 Å². The fraction of sp³-hybridized carbons (Fsp3) is 0.259. The highest BCUT2D eigenvalue weighted by Gasteiger charge is 2.31. The Labute approximate surface area is 214 Å². The van der Waals surface area contributed by atoms with Crippen molar-refractivity contribution in [3.63, 3.8) is 0 Å². The fourth-order valence-corrected chi connectivity index (χ4v) is 4.55. The first-order valence-electron chi connectivity index (χ1n) is 12.1. The highest BCUT2D eigenvalue weighted by atomic mass is 16.5. The molecule has 1 unspecified atom stereocenters. The number of imidazole rings is 1. The number of hydrogen-bond donors (Lipinski definition) is 1. The number of anilines is 1. The molecule has 0 bridgehead atoms. The summed E-state index contributed by atoms with van der Waals surface area (Å²) in [4.78, 5) is 38.7. The van der Waals surface area contributed by atoms with E-state index >= 15 is 0 Å². The second-order valence-electron chi connectivity index (χ2n) is 9.22. The third-order valence-electron chi connectivity index (χ3n) is 6.33. The molecule has 5 rings (SSSR count). The number of hydrogen-bond acceptors (Lipinski definition) is 7. The number of carbonyl (C=O) groups excluding carboxylic acids is 1. The number of ether oxygens (including phenoxy) is 1. The average molecular weight is 500 g/mol. The summed E-state index contributed by atoms with van der Waals surface area (Å²) < 4.78 is 9.05. The molecule has 0 radical (unpaired) electrons. The van der Waals surface area contributed by atoms with Gasteiger partial charge in [-0.15, -0.1) is 0 Å². The van der Waals surface area contributed by atoms with E-state index in [4.69, 9.17) is 10.5 Å². The average Bonchev–Trinajstić information content (AvgIpc) is 3.48. The molecule has 1 aliphatic heterocycles. The van der Waals surface area contributed by atoms with E-state index in [1.165, 1.54) is 10.9 Å². The number of rotatable bonds is 7. The SMILES string of the molecule is CN(C)C/C=C/C(=O)N1CCC(n2c(=O)n(-c3ccc(Oc4ccccc4)cc3)c3c(N)ncnc32)C1. The molecule has 0 saturated carbocycles. The maximum Gasteiger partial charge on any atom is 0.335 e. The van der Waals surface area contributed by atoms with Crippen molar-refractivity contribution in [1.82, 2.24) is 28.9 Å². The molecule has 190 valence electrons. The molecular formula is C27H29N7O3. The van der Waals surface area contributed by atoms with Crippen LogP contribution in [0.3, 0.4) is 0 Å². The number of likely N-dealkylation sites (N-methyl/N-ethyl adjacent to an activating group) is 1. The molecule has 1 aliphatic rings. The molecule has 10 heteroatoms. The van der Waals surface area contributed by atoms with Gasteiger partial charge in [-0.1, -0.05) is 24.3 Å². The van der Waals surface area contributed by atoms with Gasteiger partial charge in [0.1, 0.15) is 23.3 Å². The minimum atomic E-state index is -0.277. The molecule has 1 atom stereocenters. The van der Waals surface area contributed by atoms with Gasteiger partial charge >= 0.3 is 5.69 Å². The van der Waals surface area contributed by atoms with E-state index in [1.54, 1.807) is 39.8 Å². The molecule has 4 aromatic rings. The highest BCUT2D eigenvalue weighted by molar-refractivity contribution is 5.88. The number of nitrogen functional groups attached to an aromatic ring is 1. The van der Waals surface area contributed by atoms with Gasteiger partial charge in [0, 0.05) is 25.7 Å². The summed E-state index contributed by atoms with van der Waals surface area (Å²) in [5.41, 5.74) is 7.47. The summed E-state index contributed by atoms with van der Waals surface area (Å²) in [6, 6.07) is 16.4. The topological polar surface area (TPSA) is 112 Å². The standard InChI is InChI=1S/C27H29N7O3/c1-31(2)15-6-9-23(35)32-16-14-20(17-32)34-26-24(25(28)29-18-30-26)33(27(34)36)19-10-12-22(13-11-19)37-21-7-4-3-5-8-21/h3-13,18,20H,14-17H2,1-2H3,(H2,28,29,30)/b9-6+. The molecule has 1 saturated heterocycles. The predicted octanol–water partition coefficient (Wildman–Crippen LogP) is 2.85. The van der Waals surface area contributed by atoms with E-state index in [0.29, 0.717) is 48.7 Å². The first-order valence-corrected chi connectivity index (χ1v) is 12.1. The summed E-state index contributed by atoms with van der Waals surface area (Å²) in [6.45, 7) is 1.65. The lowest BCUT2D eigenvalue weighted by Gasteiger charge is -2.15. The summed E-state index contributed by atoms with van der Waals surface area (Å²) in [5, 5.41) is 0. The summed E-state index contributed by atoms with van der Waals surface area (Å²) in [7, 11) is 3.89. The van der Waals surface area contributed by atoms with Crippen molar-refractivity contribution < 1.29 is 9.53 Å². The van der Waals surface area contributed by atoms with Crippen LogP contribution < -0.4 is 16.2 Å². The van der Waals surface area contributed by atoms with Gasteiger partial charge in [-0.2, -0.15) is 0 Å². The number of carbonyl (C=O) groups is 1. The number of likely N-dealkylation sites (tertiary alicyclic amines) is 1. The van der Waals surface area contributed by atoms with Gasteiger partial charge in [-0.25, -0.2) is 14.8 Å². The van der Waals surface area contributed by atoms with Crippen LogP contribution in [0.25, 0.3) is 16.9 Å². The van der Waals surface area contributed by atoms with Crippen molar-refractivity contribution >= 4 is 22.9 Å². The lowest BCUT2D eigenvalue weighted by molar-refractivity contribution is -0.125. The second kappa shape index (κ2) is 10.3. The summed E-state index contributed by atoms with van der Waals surface area (Å²) in [5.74, 6) is 1.51. The molecule has 37 heavy (non-hydrogen) atoms. The maximum absolute atomic E-state index is 13.8. The van der Waals surface area contributed by atoms with Crippen molar-refractivity contribution in [3.05, 3.63) is 83.6 Å². The third-order valence-corrected chi connectivity index (χ3v) is 6.33. The van der Waals surface area contributed by atoms with E-state index in [1.807, 2.05) is 55.4 Å². The Morgan fingerprint density at radius 3 is 2.57 bits per heavy atom. The van der Waals surface area contributed by atoms with Gasteiger partial charge in [0.25, 0.3) is 0 Å². The molecular weight excluding hydrogens is 470 g/mol. The molecule has 2 aromatic heterocycles. The molecule has 1 amide bonds. The van der Waals surface area contributed by atoms with Crippen molar-refractivity contribution in [2.45, 2.75) is 12.5 Å². The van der Waals surface area contributed by atoms with Gasteiger partial charge in [-0.05, 0) is 56.9 Å². The lowest BCUT2D eigenvalue weighted by Crippen LogP contribution is -2.31. The molecule has 10 nitrogen and oxygen atoms in total. The van der Waals surface area contributed by atoms with Gasteiger partial charge < -0.3 is 20.3 Å². The zero-order valence-corrected chi connectivity index (χ0v) is 20.8. The van der Waals surface area contributed by atoms with Crippen LogP contribution in [0, 0.1) is 0 Å². The molecule has 1 fully saturated rings. The number of nitrogens with two attached hydrogens (primary N) is 1. The maximum atomic E-state index is 13.8. The van der Waals surface area contributed by atoms with Crippen LogP contribution in [0.1, 0.15) is 12.5 Å². The van der Waals surface area contributed by atoms with Crippen LogP contribution in [0.2, 0.25) is 0 Å². The zero-order valence-electron chi connectivity index (χ0n) is 20.8. The molecule has 0 spiro atoms. The van der Waals surface area contributed by atoms with E-state index in [9.17, 15) is 9.59 Å².